The summed E-state index contributed by atoms with van der Waals surface area (Å²) >= 11 is 0. The molecule has 0 fully saturated rings. The highest BCUT2D eigenvalue weighted by Crippen LogP contribution is 2.31. The summed E-state index contributed by atoms with van der Waals surface area (Å²) in [6, 6.07) is 13.4. The first-order chi connectivity index (χ1) is 12.3. The summed E-state index contributed by atoms with van der Waals surface area (Å²) in [5, 5.41) is 0. The highest BCUT2D eigenvalue weighted by molar-refractivity contribution is 5.64. The Morgan fingerprint density at radius 3 is 2.15 bits per heavy atom. The molecule has 5 heteroatoms. The number of halogens is 3. The van der Waals surface area contributed by atoms with E-state index in [2.05, 4.69) is 43.0 Å². The molecule has 0 unspecified atom stereocenters. The molecular weight excluding hydrogens is 337 g/mol. The van der Waals surface area contributed by atoms with Crippen LogP contribution in [0.15, 0.2) is 48.5 Å². The lowest BCUT2D eigenvalue weighted by Crippen LogP contribution is -2.26. The van der Waals surface area contributed by atoms with E-state index in [1.54, 1.807) is 0 Å². The van der Waals surface area contributed by atoms with Gasteiger partial charge in [-0.2, -0.15) is 13.2 Å². The molecule has 0 aliphatic rings. The van der Waals surface area contributed by atoms with Crippen LogP contribution in [0, 0.1) is 0 Å². The van der Waals surface area contributed by atoms with Gasteiger partial charge in [0.15, 0.2) is 0 Å². The molecule has 0 aliphatic carbocycles. The van der Waals surface area contributed by atoms with Crippen molar-refractivity contribution in [2.75, 3.05) is 33.7 Å². The van der Waals surface area contributed by atoms with E-state index in [1.807, 2.05) is 12.1 Å². The Morgan fingerprint density at radius 2 is 1.58 bits per heavy atom. The standard InChI is InChI=1S/C21H27F3N2/c1-4-26(14-6-13-25(2)3)16-17-7-5-8-19(15-17)18-9-11-20(12-10-18)21(22,23)24/h5,7-12,15H,4,6,13-14,16H2,1-3H3. The molecule has 2 aromatic rings. The zero-order chi connectivity index (χ0) is 19.2. The quantitative estimate of drug-likeness (QED) is 0.639. The topological polar surface area (TPSA) is 6.48 Å². The largest absolute Gasteiger partial charge is 0.416 e. The summed E-state index contributed by atoms with van der Waals surface area (Å²) in [4.78, 5) is 4.56. The van der Waals surface area contributed by atoms with E-state index in [4.69, 9.17) is 0 Å². The Balaban J connectivity index is 2.07. The third kappa shape index (κ3) is 6.15. The van der Waals surface area contributed by atoms with E-state index in [-0.39, 0.29) is 0 Å². The van der Waals surface area contributed by atoms with E-state index in [0.29, 0.717) is 0 Å². The second kappa shape index (κ2) is 9.19. The SMILES string of the molecule is CCN(CCCN(C)C)Cc1cccc(-c2ccc(C(F)(F)F)cc2)c1. The van der Waals surface area contributed by atoms with Crippen LogP contribution in [-0.2, 0) is 12.7 Å². The molecule has 2 aromatic carbocycles. The van der Waals surface area contributed by atoms with Crippen LogP contribution in [0.1, 0.15) is 24.5 Å². The fourth-order valence-electron chi connectivity index (χ4n) is 2.92. The summed E-state index contributed by atoms with van der Waals surface area (Å²) in [6.45, 7) is 6.05. The molecule has 142 valence electrons. The first kappa shape index (κ1) is 20.5. The van der Waals surface area contributed by atoms with Crippen molar-refractivity contribution >= 4 is 0 Å². The lowest BCUT2D eigenvalue weighted by Gasteiger charge is -2.22. The first-order valence-corrected chi connectivity index (χ1v) is 8.93. The molecule has 0 radical (unpaired) electrons. The summed E-state index contributed by atoms with van der Waals surface area (Å²) in [5.74, 6) is 0. The maximum atomic E-state index is 12.7. The highest BCUT2D eigenvalue weighted by Gasteiger charge is 2.29. The fourth-order valence-corrected chi connectivity index (χ4v) is 2.92. The smallest absolute Gasteiger partial charge is 0.309 e. The summed E-state index contributed by atoms with van der Waals surface area (Å²) in [5.41, 5.74) is 2.31. The Hall–Kier alpha value is -1.85. The molecule has 26 heavy (non-hydrogen) atoms. The maximum Gasteiger partial charge on any atom is 0.416 e. The Labute approximate surface area is 154 Å². The molecule has 0 amide bonds. The van der Waals surface area contributed by atoms with Crippen LogP contribution in [0.4, 0.5) is 13.2 Å². The summed E-state index contributed by atoms with van der Waals surface area (Å²) < 4.78 is 38.1. The zero-order valence-electron chi connectivity index (χ0n) is 15.7. The number of hydrogen-bond acceptors (Lipinski definition) is 2. The number of rotatable bonds is 8. The predicted molar refractivity (Wildman–Crippen MR) is 101 cm³/mol. The third-order valence-electron chi connectivity index (χ3n) is 4.41. The van der Waals surface area contributed by atoms with Gasteiger partial charge in [0.2, 0.25) is 0 Å². The molecule has 0 aliphatic heterocycles. The van der Waals surface area contributed by atoms with E-state index in [9.17, 15) is 13.2 Å². The molecule has 0 atom stereocenters. The van der Waals surface area contributed by atoms with Crippen molar-refractivity contribution in [2.45, 2.75) is 26.1 Å². The highest BCUT2D eigenvalue weighted by atomic mass is 19.4. The second-order valence-corrected chi connectivity index (χ2v) is 6.80. The average Bonchev–Trinajstić information content (AvgIpc) is 2.60. The molecule has 0 bridgehead atoms. The first-order valence-electron chi connectivity index (χ1n) is 8.93. The lowest BCUT2D eigenvalue weighted by molar-refractivity contribution is -0.137. The molecule has 0 saturated heterocycles. The van der Waals surface area contributed by atoms with Gasteiger partial charge >= 0.3 is 6.18 Å². The third-order valence-corrected chi connectivity index (χ3v) is 4.41. The monoisotopic (exact) mass is 364 g/mol. The number of benzene rings is 2. The van der Waals surface area contributed by atoms with Crippen molar-refractivity contribution in [3.8, 4) is 11.1 Å². The Morgan fingerprint density at radius 1 is 0.885 bits per heavy atom. The molecule has 0 heterocycles. The second-order valence-electron chi connectivity index (χ2n) is 6.80. The van der Waals surface area contributed by atoms with Crippen LogP contribution in [-0.4, -0.2) is 43.5 Å². The lowest BCUT2D eigenvalue weighted by atomic mass is 10.0. The van der Waals surface area contributed by atoms with Crippen molar-refractivity contribution in [1.82, 2.24) is 9.80 Å². The minimum absolute atomic E-state index is 0.615. The molecule has 0 spiro atoms. The number of hydrogen-bond donors (Lipinski definition) is 0. The Bertz CT molecular complexity index is 678. The Kier molecular flexibility index (Phi) is 7.23. The van der Waals surface area contributed by atoms with E-state index >= 15 is 0 Å². The van der Waals surface area contributed by atoms with Gasteiger partial charge in [0.05, 0.1) is 5.56 Å². The number of nitrogens with zero attached hydrogens (tertiary/aromatic N) is 2. The minimum atomic E-state index is -4.30. The maximum absolute atomic E-state index is 12.7. The number of alkyl halides is 3. The van der Waals surface area contributed by atoms with Crippen LogP contribution in [0.5, 0.6) is 0 Å². The summed E-state index contributed by atoms with van der Waals surface area (Å²) in [6.07, 6.45) is -3.19. The van der Waals surface area contributed by atoms with Crippen molar-refractivity contribution in [2.24, 2.45) is 0 Å². The summed E-state index contributed by atoms with van der Waals surface area (Å²) in [7, 11) is 4.15. The normalized spacial score (nSPS) is 12.2. The molecule has 0 N–H and O–H groups in total. The van der Waals surface area contributed by atoms with Crippen molar-refractivity contribution < 1.29 is 13.2 Å². The molecule has 0 saturated carbocycles. The van der Waals surface area contributed by atoms with Gasteiger partial charge in [0, 0.05) is 6.54 Å². The van der Waals surface area contributed by atoms with Gasteiger partial charge in [-0.1, -0.05) is 37.3 Å². The van der Waals surface area contributed by atoms with Crippen LogP contribution in [0.25, 0.3) is 11.1 Å². The zero-order valence-corrected chi connectivity index (χ0v) is 15.7. The van der Waals surface area contributed by atoms with Gasteiger partial charge in [-0.25, -0.2) is 0 Å². The van der Waals surface area contributed by atoms with Gasteiger partial charge in [-0.05, 0) is 75.0 Å². The van der Waals surface area contributed by atoms with Crippen molar-refractivity contribution in [3.63, 3.8) is 0 Å². The molecule has 0 aromatic heterocycles. The van der Waals surface area contributed by atoms with Crippen LogP contribution in [0.2, 0.25) is 0 Å². The van der Waals surface area contributed by atoms with E-state index < -0.39 is 11.7 Å². The average molecular weight is 364 g/mol. The van der Waals surface area contributed by atoms with Gasteiger partial charge in [0.25, 0.3) is 0 Å². The minimum Gasteiger partial charge on any atom is -0.309 e. The fraction of sp³-hybridized carbons (Fsp3) is 0.429. The van der Waals surface area contributed by atoms with Crippen molar-refractivity contribution in [1.29, 1.82) is 0 Å². The van der Waals surface area contributed by atoms with Gasteiger partial charge < -0.3 is 4.90 Å². The van der Waals surface area contributed by atoms with Crippen molar-refractivity contribution in [3.05, 3.63) is 59.7 Å². The molecule has 2 nitrogen and oxygen atoms in total. The molecule has 2 rings (SSSR count). The van der Waals surface area contributed by atoms with Gasteiger partial charge in [0.1, 0.15) is 0 Å². The van der Waals surface area contributed by atoms with Gasteiger partial charge in [-0.3, -0.25) is 4.90 Å². The van der Waals surface area contributed by atoms with Gasteiger partial charge in [-0.15, -0.1) is 0 Å². The van der Waals surface area contributed by atoms with E-state index in [0.717, 1.165) is 55.9 Å². The van der Waals surface area contributed by atoms with Crippen LogP contribution in [0.3, 0.4) is 0 Å². The van der Waals surface area contributed by atoms with Crippen LogP contribution >= 0.6 is 0 Å². The predicted octanol–water partition coefficient (Wildman–Crippen LogP) is 5.15. The van der Waals surface area contributed by atoms with Crippen LogP contribution < -0.4 is 0 Å². The van der Waals surface area contributed by atoms with E-state index in [1.165, 1.54) is 17.7 Å². The molecular formula is C21H27F3N2.